The van der Waals surface area contributed by atoms with E-state index >= 15 is 0 Å². The molecule has 1 aromatic carbocycles. The van der Waals surface area contributed by atoms with Crippen LogP contribution in [0.5, 0.6) is 5.75 Å². The number of nitrogens with zero attached hydrogens (tertiary/aromatic N) is 2. The monoisotopic (exact) mass is 241 g/mol. The lowest BCUT2D eigenvalue weighted by Crippen LogP contribution is -2.24. The van der Waals surface area contributed by atoms with Gasteiger partial charge in [-0.3, -0.25) is 0 Å². The van der Waals surface area contributed by atoms with E-state index in [1.165, 1.54) is 13.2 Å². The summed E-state index contributed by atoms with van der Waals surface area (Å²) in [6, 6.07) is 3.00. The van der Waals surface area contributed by atoms with Gasteiger partial charge in [0.05, 0.1) is 18.1 Å². The van der Waals surface area contributed by atoms with Crippen molar-refractivity contribution in [1.82, 2.24) is 9.66 Å². The molecule has 0 atom stereocenters. The number of imidazole rings is 1. The molecule has 1 aromatic heterocycles. The van der Waals surface area contributed by atoms with Crippen molar-refractivity contribution in [2.24, 2.45) is 0 Å². The fraction of sp³-hybridized carbons (Fsp3) is 0.300. The first-order chi connectivity index (χ1) is 7.54. The number of nitrogens with one attached hydrogen (secondary N) is 1. The molecule has 1 heterocycles. The maximum atomic E-state index is 13.5. The number of hydrogen-bond acceptors (Lipinski definition) is 3. The summed E-state index contributed by atoms with van der Waals surface area (Å²) >= 11 is 5.15. The highest BCUT2D eigenvalue weighted by Crippen LogP contribution is 2.24. The molecule has 0 aliphatic heterocycles. The van der Waals surface area contributed by atoms with Gasteiger partial charge >= 0.3 is 0 Å². The number of halogens is 1. The molecule has 2 aromatic rings. The molecule has 0 saturated carbocycles. The molecule has 0 aliphatic carbocycles. The van der Waals surface area contributed by atoms with Crippen LogP contribution in [-0.2, 0) is 0 Å². The number of aromatic nitrogens is 2. The molecule has 86 valence electrons. The Labute approximate surface area is 97.2 Å². The third-order valence-corrected chi connectivity index (χ3v) is 2.61. The van der Waals surface area contributed by atoms with Gasteiger partial charge in [-0.25, -0.2) is 9.07 Å². The highest BCUT2D eigenvalue weighted by atomic mass is 32.1. The van der Waals surface area contributed by atoms with Crippen LogP contribution in [0, 0.1) is 10.6 Å². The molecule has 0 aliphatic rings. The summed E-state index contributed by atoms with van der Waals surface area (Å²) in [5, 5.41) is 1.82. The quantitative estimate of drug-likeness (QED) is 0.817. The van der Waals surface area contributed by atoms with E-state index in [1.54, 1.807) is 10.7 Å². The van der Waals surface area contributed by atoms with Crippen LogP contribution in [-0.4, -0.2) is 30.9 Å². The van der Waals surface area contributed by atoms with E-state index < -0.39 is 5.82 Å². The minimum Gasteiger partial charge on any atom is -0.494 e. The standard InChI is InChI=1S/C10H12FN3OS/c1-13(2)14-8-5-9(15-3)6(11)4-7(8)12-10(14)16/h4-5H,1-3H3,(H,12,16). The lowest BCUT2D eigenvalue weighted by Gasteiger charge is -2.14. The van der Waals surface area contributed by atoms with E-state index in [0.29, 0.717) is 10.3 Å². The molecule has 0 unspecified atom stereocenters. The predicted molar refractivity (Wildman–Crippen MR) is 63.7 cm³/mol. The van der Waals surface area contributed by atoms with Crippen molar-refractivity contribution < 1.29 is 9.13 Å². The van der Waals surface area contributed by atoms with E-state index in [4.69, 9.17) is 17.0 Å². The summed E-state index contributed by atoms with van der Waals surface area (Å²) in [6.45, 7) is 0. The molecule has 0 spiro atoms. The normalized spacial score (nSPS) is 10.8. The van der Waals surface area contributed by atoms with Crippen molar-refractivity contribution in [1.29, 1.82) is 0 Å². The number of ether oxygens (including phenoxy) is 1. The molecule has 1 N–H and O–H groups in total. The summed E-state index contributed by atoms with van der Waals surface area (Å²) in [4.78, 5) is 2.94. The van der Waals surface area contributed by atoms with Crippen LogP contribution < -0.4 is 9.75 Å². The number of fused-ring (bicyclic) bond motifs is 1. The fourth-order valence-corrected chi connectivity index (χ4v) is 2.02. The molecule has 0 radical (unpaired) electrons. The average molecular weight is 241 g/mol. The highest BCUT2D eigenvalue weighted by Gasteiger charge is 2.11. The Hall–Kier alpha value is -1.56. The molecule has 2 rings (SSSR count). The Morgan fingerprint density at radius 2 is 2.12 bits per heavy atom. The zero-order chi connectivity index (χ0) is 11.9. The van der Waals surface area contributed by atoms with Crippen LogP contribution in [0.2, 0.25) is 0 Å². The van der Waals surface area contributed by atoms with Crippen LogP contribution in [0.4, 0.5) is 4.39 Å². The van der Waals surface area contributed by atoms with Crippen LogP contribution in [0.25, 0.3) is 11.0 Å². The van der Waals surface area contributed by atoms with Crippen molar-refractivity contribution in [3.63, 3.8) is 0 Å². The predicted octanol–water partition coefficient (Wildman–Crippen LogP) is 2.04. The SMILES string of the molecule is COc1cc2c(cc1F)[nH]c(=S)n2N(C)C. The van der Waals surface area contributed by atoms with E-state index in [9.17, 15) is 4.39 Å². The number of H-pyrrole nitrogens is 1. The molecule has 4 nitrogen and oxygen atoms in total. The average Bonchev–Trinajstić information content (AvgIpc) is 2.51. The van der Waals surface area contributed by atoms with E-state index in [1.807, 2.05) is 19.1 Å². The smallest absolute Gasteiger partial charge is 0.197 e. The first-order valence-corrected chi connectivity index (χ1v) is 5.11. The Kier molecular flexibility index (Phi) is 2.59. The Morgan fingerprint density at radius 1 is 1.44 bits per heavy atom. The van der Waals surface area contributed by atoms with E-state index in [0.717, 1.165) is 5.52 Å². The van der Waals surface area contributed by atoms with Crippen molar-refractivity contribution in [3.8, 4) is 5.75 Å². The molecular weight excluding hydrogens is 229 g/mol. The molecule has 0 amide bonds. The molecule has 0 bridgehead atoms. The first kappa shape index (κ1) is 10.9. The van der Waals surface area contributed by atoms with Crippen molar-refractivity contribution in [3.05, 3.63) is 22.7 Å². The third kappa shape index (κ3) is 1.55. The Bertz CT molecular complexity index is 587. The summed E-state index contributed by atoms with van der Waals surface area (Å²) in [7, 11) is 5.16. The zero-order valence-electron chi connectivity index (χ0n) is 9.24. The zero-order valence-corrected chi connectivity index (χ0v) is 10.1. The molecule has 6 heteroatoms. The van der Waals surface area contributed by atoms with Crippen LogP contribution >= 0.6 is 12.2 Å². The van der Waals surface area contributed by atoms with Gasteiger partial charge in [-0.1, -0.05) is 0 Å². The van der Waals surface area contributed by atoms with Crippen molar-refractivity contribution in [2.75, 3.05) is 26.2 Å². The van der Waals surface area contributed by atoms with Gasteiger partial charge in [0.15, 0.2) is 16.3 Å². The maximum absolute atomic E-state index is 13.5. The van der Waals surface area contributed by atoms with Gasteiger partial charge in [0.2, 0.25) is 0 Å². The van der Waals surface area contributed by atoms with Gasteiger partial charge in [0, 0.05) is 26.2 Å². The van der Waals surface area contributed by atoms with Gasteiger partial charge in [0.25, 0.3) is 0 Å². The fourth-order valence-electron chi connectivity index (χ4n) is 1.65. The van der Waals surface area contributed by atoms with E-state index in [2.05, 4.69) is 4.98 Å². The maximum Gasteiger partial charge on any atom is 0.197 e. The number of hydrogen-bond donors (Lipinski definition) is 1. The van der Waals surface area contributed by atoms with Gasteiger partial charge in [-0.05, 0) is 12.2 Å². The molecule has 0 fully saturated rings. The summed E-state index contributed by atoms with van der Waals surface area (Å²) in [6.07, 6.45) is 0. The topological polar surface area (TPSA) is 33.2 Å². The number of rotatable bonds is 2. The van der Waals surface area contributed by atoms with Crippen LogP contribution in [0.3, 0.4) is 0 Å². The van der Waals surface area contributed by atoms with Crippen LogP contribution in [0.1, 0.15) is 0 Å². The number of methoxy groups -OCH3 is 1. The second-order valence-electron chi connectivity index (χ2n) is 3.59. The molecule has 16 heavy (non-hydrogen) atoms. The molecule has 0 saturated heterocycles. The van der Waals surface area contributed by atoms with Gasteiger partial charge in [-0.2, -0.15) is 0 Å². The second kappa shape index (κ2) is 3.79. The van der Waals surface area contributed by atoms with Gasteiger partial charge in [0.1, 0.15) is 0 Å². The van der Waals surface area contributed by atoms with Crippen LogP contribution in [0.15, 0.2) is 12.1 Å². The summed E-state index contributed by atoms with van der Waals surface area (Å²) in [5.74, 6) is -0.200. The lowest BCUT2D eigenvalue weighted by atomic mass is 10.3. The second-order valence-corrected chi connectivity index (χ2v) is 3.98. The number of benzene rings is 1. The van der Waals surface area contributed by atoms with Crippen molar-refractivity contribution >= 4 is 23.3 Å². The minimum absolute atomic E-state index is 0.206. The Morgan fingerprint density at radius 3 is 2.69 bits per heavy atom. The highest BCUT2D eigenvalue weighted by molar-refractivity contribution is 7.71. The Balaban J connectivity index is 2.82. The summed E-state index contributed by atoms with van der Waals surface area (Å²) < 4.78 is 20.7. The minimum atomic E-state index is -0.405. The first-order valence-electron chi connectivity index (χ1n) is 4.70. The van der Waals surface area contributed by atoms with Gasteiger partial charge < -0.3 is 14.7 Å². The largest absolute Gasteiger partial charge is 0.494 e. The van der Waals surface area contributed by atoms with Gasteiger partial charge in [-0.15, -0.1) is 0 Å². The van der Waals surface area contributed by atoms with E-state index in [-0.39, 0.29) is 5.75 Å². The lowest BCUT2D eigenvalue weighted by molar-refractivity contribution is 0.387. The third-order valence-electron chi connectivity index (χ3n) is 2.33. The summed E-state index contributed by atoms with van der Waals surface area (Å²) in [5.41, 5.74) is 1.44. The van der Waals surface area contributed by atoms with Crippen molar-refractivity contribution in [2.45, 2.75) is 0 Å². The molecular formula is C10H12FN3OS. The number of aromatic amines is 1.